The summed E-state index contributed by atoms with van der Waals surface area (Å²) in [6.45, 7) is 4.83. The van der Waals surface area contributed by atoms with E-state index in [1.807, 2.05) is 6.92 Å². The molecule has 1 aliphatic rings. The number of morpholine rings is 1. The van der Waals surface area contributed by atoms with E-state index in [1.165, 1.54) is 0 Å². The summed E-state index contributed by atoms with van der Waals surface area (Å²) in [4.78, 5) is 0. The molecule has 0 aromatic carbocycles. The number of hydrogen-bond acceptors (Lipinski definition) is 4. The lowest BCUT2D eigenvalue weighted by atomic mass is 10.2. The van der Waals surface area contributed by atoms with E-state index in [9.17, 15) is 0 Å². The molecule has 0 amide bonds. The predicted molar refractivity (Wildman–Crippen MR) is 45.1 cm³/mol. The van der Waals surface area contributed by atoms with Crippen LogP contribution in [0.15, 0.2) is 0 Å². The normalized spacial score (nSPS) is 30.5. The minimum atomic E-state index is 0.0791. The van der Waals surface area contributed by atoms with Crippen molar-refractivity contribution in [2.24, 2.45) is 0 Å². The Kier molecular flexibility index (Phi) is 4.53. The molecule has 0 aliphatic carbocycles. The third-order valence-electron chi connectivity index (χ3n) is 1.77. The van der Waals surface area contributed by atoms with Crippen LogP contribution >= 0.6 is 0 Å². The minimum absolute atomic E-state index is 0.0791. The molecule has 1 fully saturated rings. The van der Waals surface area contributed by atoms with E-state index in [0.29, 0.717) is 13.2 Å². The van der Waals surface area contributed by atoms with Gasteiger partial charge in [0.15, 0.2) is 0 Å². The molecule has 0 saturated carbocycles. The Balaban J connectivity index is 2.06. The molecule has 4 heteroatoms. The summed E-state index contributed by atoms with van der Waals surface area (Å²) >= 11 is 0. The summed E-state index contributed by atoms with van der Waals surface area (Å²) in [5.41, 5.74) is 0. The van der Waals surface area contributed by atoms with E-state index >= 15 is 0 Å². The fourth-order valence-corrected chi connectivity index (χ4v) is 1.25. The SMILES string of the molecule is CC1CNCC(COCCO)O1. The molecule has 1 heterocycles. The molecule has 0 aromatic heterocycles. The Morgan fingerprint density at radius 1 is 1.58 bits per heavy atom. The summed E-state index contributed by atoms with van der Waals surface area (Å²) < 4.78 is 10.7. The Bertz CT molecular complexity index is 121. The van der Waals surface area contributed by atoms with Crippen LogP contribution in [0.5, 0.6) is 0 Å². The number of aliphatic hydroxyl groups excluding tert-OH is 1. The van der Waals surface area contributed by atoms with Gasteiger partial charge < -0.3 is 19.9 Å². The summed E-state index contributed by atoms with van der Waals surface area (Å²) in [6, 6.07) is 0. The first kappa shape index (κ1) is 9.92. The lowest BCUT2D eigenvalue weighted by Gasteiger charge is -2.28. The molecule has 2 atom stereocenters. The van der Waals surface area contributed by atoms with Crippen molar-refractivity contribution in [1.82, 2.24) is 5.32 Å². The minimum Gasteiger partial charge on any atom is -0.394 e. The van der Waals surface area contributed by atoms with Gasteiger partial charge in [-0.25, -0.2) is 0 Å². The van der Waals surface area contributed by atoms with Gasteiger partial charge >= 0.3 is 0 Å². The number of ether oxygens (including phenoxy) is 2. The van der Waals surface area contributed by atoms with Crippen molar-refractivity contribution < 1.29 is 14.6 Å². The van der Waals surface area contributed by atoms with E-state index in [4.69, 9.17) is 14.6 Å². The molecular formula is C8H17NO3. The van der Waals surface area contributed by atoms with E-state index < -0.39 is 0 Å². The maximum Gasteiger partial charge on any atom is 0.0936 e. The summed E-state index contributed by atoms with van der Waals surface area (Å²) in [7, 11) is 0. The van der Waals surface area contributed by atoms with E-state index in [1.54, 1.807) is 0 Å². The second kappa shape index (κ2) is 5.48. The Hall–Kier alpha value is -0.160. The highest BCUT2D eigenvalue weighted by Gasteiger charge is 2.18. The molecule has 0 spiro atoms. The molecule has 1 aliphatic heterocycles. The lowest BCUT2D eigenvalue weighted by molar-refractivity contribution is -0.0717. The Morgan fingerprint density at radius 2 is 2.42 bits per heavy atom. The van der Waals surface area contributed by atoms with Crippen LogP contribution in [0, 0.1) is 0 Å². The van der Waals surface area contributed by atoms with Crippen LogP contribution in [0.25, 0.3) is 0 Å². The van der Waals surface area contributed by atoms with Crippen LogP contribution < -0.4 is 5.32 Å². The molecule has 0 aromatic rings. The maximum absolute atomic E-state index is 8.47. The second-order valence-corrected chi connectivity index (χ2v) is 3.03. The van der Waals surface area contributed by atoms with Crippen molar-refractivity contribution in [3.05, 3.63) is 0 Å². The van der Waals surface area contributed by atoms with Crippen LogP contribution in [0.2, 0.25) is 0 Å². The van der Waals surface area contributed by atoms with Gasteiger partial charge in [-0.15, -0.1) is 0 Å². The Morgan fingerprint density at radius 3 is 3.08 bits per heavy atom. The van der Waals surface area contributed by atoms with Gasteiger partial charge in [0.1, 0.15) is 0 Å². The van der Waals surface area contributed by atoms with Crippen LogP contribution in [0.1, 0.15) is 6.92 Å². The van der Waals surface area contributed by atoms with Gasteiger partial charge in [0.2, 0.25) is 0 Å². The molecule has 0 radical (unpaired) electrons. The van der Waals surface area contributed by atoms with Crippen LogP contribution in [0.3, 0.4) is 0 Å². The average Bonchev–Trinajstić information content (AvgIpc) is 2.05. The van der Waals surface area contributed by atoms with Crippen LogP contribution in [-0.2, 0) is 9.47 Å². The van der Waals surface area contributed by atoms with Crippen molar-refractivity contribution in [2.75, 3.05) is 32.9 Å². The average molecular weight is 175 g/mol. The first-order valence-electron chi connectivity index (χ1n) is 4.37. The zero-order valence-corrected chi connectivity index (χ0v) is 7.45. The van der Waals surface area contributed by atoms with Crippen molar-refractivity contribution in [3.8, 4) is 0 Å². The molecule has 72 valence electrons. The third kappa shape index (κ3) is 3.49. The van der Waals surface area contributed by atoms with E-state index in [2.05, 4.69) is 5.32 Å². The smallest absolute Gasteiger partial charge is 0.0936 e. The highest BCUT2D eigenvalue weighted by atomic mass is 16.5. The monoisotopic (exact) mass is 175 g/mol. The topological polar surface area (TPSA) is 50.7 Å². The summed E-state index contributed by atoms with van der Waals surface area (Å²) in [5, 5.41) is 11.7. The molecule has 1 rings (SSSR count). The van der Waals surface area contributed by atoms with E-state index in [-0.39, 0.29) is 18.8 Å². The van der Waals surface area contributed by atoms with Gasteiger partial charge in [0, 0.05) is 13.1 Å². The number of aliphatic hydroxyl groups is 1. The van der Waals surface area contributed by atoms with Crippen molar-refractivity contribution in [2.45, 2.75) is 19.1 Å². The Labute approximate surface area is 72.9 Å². The number of nitrogens with one attached hydrogen (secondary N) is 1. The molecule has 0 bridgehead atoms. The zero-order chi connectivity index (χ0) is 8.81. The van der Waals surface area contributed by atoms with Crippen LogP contribution in [-0.4, -0.2) is 50.2 Å². The quantitative estimate of drug-likeness (QED) is 0.559. The molecular weight excluding hydrogens is 158 g/mol. The molecule has 12 heavy (non-hydrogen) atoms. The largest absolute Gasteiger partial charge is 0.394 e. The van der Waals surface area contributed by atoms with Gasteiger partial charge in [-0.05, 0) is 6.92 Å². The highest BCUT2D eigenvalue weighted by molar-refractivity contribution is 4.70. The fraction of sp³-hybridized carbons (Fsp3) is 1.00. The lowest BCUT2D eigenvalue weighted by Crippen LogP contribution is -2.45. The van der Waals surface area contributed by atoms with Gasteiger partial charge in [0.25, 0.3) is 0 Å². The van der Waals surface area contributed by atoms with Gasteiger partial charge in [-0.2, -0.15) is 0 Å². The first-order valence-corrected chi connectivity index (χ1v) is 4.37. The molecule has 4 nitrogen and oxygen atoms in total. The number of hydrogen-bond donors (Lipinski definition) is 2. The maximum atomic E-state index is 8.47. The molecule has 2 unspecified atom stereocenters. The second-order valence-electron chi connectivity index (χ2n) is 3.03. The summed E-state index contributed by atoms with van der Waals surface area (Å²) in [6.07, 6.45) is 0.404. The van der Waals surface area contributed by atoms with E-state index in [0.717, 1.165) is 13.1 Å². The van der Waals surface area contributed by atoms with Crippen molar-refractivity contribution in [3.63, 3.8) is 0 Å². The molecule has 1 saturated heterocycles. The molecule has 2 N–H and O–H groups in total. The summed E-state index contributed by atoms with van der Waals surface area (Å²) in [5.74, 6) is 0. The van der Waals surface area contributed by atoms with Gasteiger partial charge in [-0.3, -0.25) is 0 Å². The predicted octanol–water partition coefficient (Wildman–Crippen LogP) is -0.628. The standard InChI is InChI=1S/C8H17NO3/c1-7-4-9-5-8(12-7)6-11-3-2-10/h7-10H,2-6H2,1H3. The van der Waals surface area contributed by atoms with Crippen molar-refractivity contribution in [1.29, 1.82) is 0 Å². The third-order valence-corrected chi connectivity index (χ3v) is 1.77. The van der Waals surface area contributed by atoms with Gasteiger partial charge in [0.05, 0.1) is 32.0 Å². The van der Waals surface area contributed by atoms with Gasteiger partial charge in [-0.1, -0.05) is 0 Å². The van der Waals surface area contributed by atoms with Crippen molar-refractivity contribution >= 4 is 0 Å². The highest BCUT2D eigenvalue weighted by Crippen LogP contribution is 2.02. The zero-order valence-electron chi connectivity index (χ0n) is 7.45. The van der Waals surface area contributed by atoms with Crippen LogP contribution in [0.4, 0.5) is 0 Å². The first-order chi connectivity index (χ1) is 5.83. The number of rotatable bonds is 4. The fourth-order valence-electron chi connectivity index (χ4n) is 1.25.